The lowest BCUT2D eigenvalue weighted by molar-refractivity contribution is -0.0409. The number of halogens is 1. The molecule has 0 bridgehead atoms. The number of thiophene rings is 1. The Bertz CT molecular complexity index is 471. The van der Waals surface area contributed by atoms with Crippen LogP contribution >= 0.6 is 27.3 Å². The Morgan fingerprint density at radius 3 is 2.88 bits per heavy atom. The summed E-state index contributed by atoms with van der Waals surface area (Å²) < 4.78 is 32.4. The molecule has 1 unspecified atom stereocenters. The molecule has 0 saturated carbocycles. The van der Waals surface area contributed by atoms with Crippen LogP contribution in [0.1, 0.15) is 13.3 Å². The molecule has 4 nitrogen and oxygen atoms in total. The molecule has 0 radical (unpaired) electrons. The third kappa shape index (κ3) is 2.33. The smallest absolute Gasteiger partial charge is 0.254 e. The fraction of sp³-hybridized carbons (Fsp3) is 0.556. The van der Waals surface area contributed by atoms with E-state index in [1.807, 2.05) is 0 Å². The van der Waals surface area contributed by atoms with Crippen LogP contribution < -0.4 is 0 Å². The Hall–Kier alpha value is 0.0500. The third-order valence-corrected chi connectivity index (χ3v) is 6.44. The van der Waals surface area contributed by atoms with Gasteiger partial charge in [0, 0.05) is 13.2 Å². The minimum absolute atomic E-state index is 0.358. The van der Waals surface area contributed by atoms with Crippen LogP contribution in [0.3, 0.4) is 0 Å². The van der Waals surface area contributed by atoms with Gasteiger partial charge in [-0.2, -0.15) is 4.31 Å². The predicted molar refractivity (Wildman–Crippen MR) is 65.9 cm³/mol. The first-order valence-corrected chi connectivity index (χ1v) is 7.95. The Balaban J connectivity index is 2.31. The van der Waals surface area contributed by atoms with Crippen molar-refractivity contribution in [3.8, 4) is 0 Å². The van der Waals surface area contributed by atoms with E-state index >= 15 is 0 Å². The lowest BCUT2D eigenvalue weighted by atomic mass is 10.4. The minimum Gasteiger partial charge on any atom is -0.362 e. The van der Waals surface area contributed by atoms with E-state index < -0.39 is 10.0 Å². The van der Waals surface area contributed by atoms with Crippen molar-refractivity contribution in [1.29, 1.82) is 0 Å². The first-order valence-electron chi connectivity index (χ1n) is 4.90. The van der Waals surface area contributed by atoms with Gasteiger partial charge in [-0.25, -0.2) is 8.42 Å². The molecule has 1 saturated heterocycles. The Labute approximate surface area is 107 Å². The van der Waals surface area contributed by atoms with Gasteiger partial charge in [-0.15, -0.1) is 11.3 Å². The summed E-state index contributed by atoms with van der Waals surface area (Å²) in [6, 6.07) is 3.36. The lowest BCUT2D eigenvalue weighted by Crippen LogP contribution is -2.44. The average molecular weight is 326 g/mol. The molecule has 0 amide bonds. The molecule has 0 aliphatic carbocycles. The number of ether oxygens (including phenoxy) is 1. The van der Waals surface area contributed by atoms with Crippen molar-refractivity contribution in [1.82, 2.24) is 4.31 Å². The molecule has 90 valence electrons. The van der Waals surface area contributed by atoms with Crippen LogP contribution in [-0.2, 0) is 14.8 Å². The molecule has 2 heterocycles. The van der Waals surface area contributed by atoms with E-state index in [0.717, 1.165) is 10.2 Å². The van der Waals surface area contributed by atoms with Crippen molar-refractivity contribution in [2.24, 2.45) is 0 Å². The van der Waals surface area contributed by atoms with E-state index in [9.17, 15) is 8.42 Å². The highest BCUT2D eigenvalue weighted by molar-refractivity contribution is 9.11. The first-order chi connectivity index (χ1) is 7.51. The van der Waals surface area contributed by atoms with Crippen LogP contribution in [0.4, 0.5) is 0 Å². The zero-order valence-electron chi connectivity index (χ0n) is 8.72. The molecule has 1 aromatic heterocycles. The first kappa shape index (κ1) is 12.5. The number of sulfonamides is 1. The summed E-state index contributed by atoms with van der Waals surface area (Å²) in [5.74, 6) is 0. The van der Waals surface area contributed by atoms with Crippen molar-refractivity contribution in [3.63, 3.8) is 0 Å². The molecule has 7 heteroatoms. The predicted octanol–water partition coefficient (Wildman–Crippen LogP) is 2.27. The summed E-state index contributed by atoms with van der Waals surface area (Å²) >= 11 is 4.49. The summed E-state index contributed by atoms with van der Waals surface area (Å²) in [4.78, 5) is 0. The van der Waals surface area contributed by atoms with Gasteiger partial charge in [0.1, 0.15) is 10.4 Å². The number of hydrogen-bond donors (Lipinski definition) is 0. The number of hydrogen-bond acceptors (Lipinski definition) is 4. The van der Waals surface area contributed by atoms with Gasteiger partial charge in [0.05, 0.1) is 3.79 Å². The second-order valence-electron chi connectivity index (χ2n) is 3.50. The van der Waals surface area contributed by atoms with Gasteiger partial charge in [-0.1, -0.05) is 0 Å². The van der Waals surface area contributed by atoms with Crippen LogP contribution in [0, 0.1) is 0 Å². The Morgan fingerprint density at radius 2 is 2.31 bits per heavy atom. The second-order valence-corrected chi connectivity index (χ2v) is 8.08. The zero-order chi connectivity index (χ0) is 11.8. The molecule has 0 N–H and O–H groups in total. The highest BCUT2D eigenvalue weighted by Crippen LogP contribution is 2.30. The average Bonchev–Trinajstić information content (AvgIpc) is 2.66. The SMILES string of the molecule is CC1OCCCN1S(=O)(=O)c1ccc(Br)s1. The quantitative estimate of drug-likeness (QED) is 0.838. The van der Waals surface area contributed by atoms with Gasteiger partial charge in [0.25, 0.3) is 10.0 Å². The van der Waals surface area contributed by atoms with E-state index in [4.69, 9.17) is 4.74 Å². The maximum Gasteiger partial charge on any atom is 0.254 e. The normalized spacial score (nSPS) is 23.5. The van der Waals surface area contributed by atoms with Crippen molar-refractivity contribution in [2.45, 2.75) is 23.8 Å². The molecule has 0 aromatic carbocycles. The third-order valence-electron chi connectivity index (χ3n) is 2.40. The molecule has 1 aromatic rings. The standard InChI is InChI=1S/C9H12BrNO3S2/c1-7-11(5-2-6-14-7)16(12,13)9-4-3-8(10)15-9/h3-4,7H,2,5-6H2,1H3. The molecule has 1 atom stereocenters. The summed E-state index contributed by atoms with van der Waals surface area (Å²) in [7, 11) is -3.39. The van der Waals surface area contributed by atoms with Crippen LogP contribution in [0.15, 0.2) is 20.1 Å². The lowest BCUT2D eigenvalue weighted by Gasteiger charge is -2.31. The molecule has 1 fully saturated rings. The monoisotopic (exact) mass is 325 g/mol. The maximum absolute atomic E-state index is 12.2. The highest BCUT2D eigenvalue weighted by Gasteiger charge is 2.32. The van der Waals surface area contributed by atoms with Crippen molar-refractivity contribution < 1.29 is 13.2 Å². The fourth-order valence-corrected chi connectivity index (χ4v) is 5.32. The van der Waals surface area contributed by atoms with Crippen molar-refractivity contribution >= 4 is 37.3 Å². The molecule has 16 heavy (non-hydrogen) atoms. The van der Waals surface area contributed by atoms with E-state index in [1.165, 1.54) is 15.6 Å². The van der Waals surface area contributed by atoms with Crippen LogP contribution in [0.2, 0.25) is 0 Å². The topological polar surface area (TPSA) is 46.6 Å². The van der Waals surface area contributed by atoms with Crippen LogP contribution in [0.5, 0.6) is 0 Å². The van der Waals surface area contributed by atoms with Crippen LogP contribution in [0.25, 0.3) is 0 Å². The van der Waals surface area contributed by atoms with Gasteiger partial charge in [0.15, 0.2) is 0 Å². The van der Waals surface area contributed by atoms with Gasteiger partial charge in [-0.3, -0.25) is 0 Å². The number of nitrogens with zero attached hydrogens (tertiary/aromatic N) is 1. The van der Waals surface area contributed by atoms with Gasteiger partial charge >= 0.3 is 0 Å². The largest absolute Gasteiger partial charge is 0.362 e. The van der Waals surface area contributed by atoms with E-state index in [2.05, 4.69) is 15.9 Å². The van der Waals surface area contributed by atoms with Crippen molar-refractivity contribution in [3.05, 3.63) is 15.9 Å². The summed E-state index contributed by atoms with van der Waals surface area (Å²) in [6.45, 7) is 2.92. The maximum atomic E-state index is 12.2. The van der Waals surface area contributed by atoms with Crippen molar-refractivity contribution in [2.75, 3.05) is 13.2 Å². The van der Waals surface area contributed by atoms with Gasteiger partial charge in [0.2, 0.25) is 0 Å². The highest BCUT2D eigenvalue weighted by atomic mass is 79.9. The number of rotatable bonds is 2. The Kier molecular flexibility index (Phi) is 3.70. The Morgan fingerprint density at radius 1 is 1.56 bits per heavy atom. The summed E-state index contributed by atoms with van der Waals surface area (Å²) in [5, 5.41) is 0. The van der Waals surface area contributed by atoms with E-state index in [-0.39, 0.29) is 6.23 Å². The van der Waals surface area contributed by atoms with Gasteiger partial charge < -0.3 is 4.74 Å². The molecule has 2 rings (SSSR count). The van der Waals surface area contributed by atoms with E-state index in [1.54, 1.807) is 19.1 Å². The fourth-order valence-electron chi connectivity index (χ4n) is 1.61. The zero-order valence-corrected chi connectivity index (χ0v) is 11.9. The molecular weight excluding hydrogens is 314 g/mol. The molecule has 1 aliphatic rings. The minimum atomic E-state index is -3.39. The van der Waals surface area contributed by atoms with E-state index in [0.29, 0.717) is 17.4 Å². The van der Waals surface area contributed by atoms with Gasteiger partial charge in [-0.05, 0) is 41.4 Å². The second kappa shape index (κ2) is 4.73. The molecular formula is C9H12BrNO3S2. The molecule has 1 aliphatic heterocycles. The molecule has 0 spiro atoms. The summed E-state index contributed by atoms with van der Waals surface area (Å²) in [5.41, 5.74) is 0. The van der Waals surface area contributed by atoms with Crippen LogP contribution in [-0.4, -0.2) is 32.1 Å². The summed E-state index contributed by atoms with van der Waals surface area (Å²) in [6.07, 6.45) is 0.371.